The second-order valence-corrected chi connectivity index (χ2v) is 8.57. The highest BCUT2D eigenvalue weighted by Crippen LogP contribution is 2.34. The summed E-state index contributed by atoms with van der Waals surface area (Å²) in [4.78, 5) is 27.4. The second kappa shape index (κ2) is 9.65. The average Bonchev–Trinajstić information content (AvgIpc) is 2.71. The van der Waals surface area contributed by atoms with Crippen molar-refractivity contribution in [3.05, 3.63) is 34.0 Å². The number of halogens is 1. The standard InChI is InChI=1S/C22H29BrN2O4/c1-4-14(2)24-21(26)13-25-17-7-5-6-8-19(17)29-20(22(25)27)12-15-9-10-18(28-3)16(23)11-15/h9-12,14,17,19H,4-8,13H2,1-3H3,(H,24,26)/b20-12+. The molecule has 1 aromatic carbocycles. The molecule has 158 valence electrons. The number of hydrogen-bond donors (Lipinski definition) is 1. The third-order valence-electron chi connectivity index (χ3n) is 5.63. The largest absolute Gasteiger partial charge is 0.496 e. The molecule has 1 N–H and O–H groups in total. The van der Waals surface area contributed by atoms with Gasteiger partial charge in [-0.15, -0.1) is 0 Å². The Hall–Kier alpha value is -2.02. The molecule has 7 heteroatoms. The zero-order chi connectivity index (χ0) is 21.0. The minimum absolute atomic E-state index is 0.0429. The molecule has 0 spiro atoms. The molecule has 1 aromatic rings. The highest BCUT2D eigenvalue weighted by Gasteiger charge is 2.42. The zero-order valence-electron chi connectivity index (χ0n) is 17.2. The summed E-state index contributed by atoms with van der Waals surface area (Å²) < 4.78 is 12.2. The van der Waals surface area contributed by atoms with Crippen LogP contribution >= 0.6 is 15.9 Å². The van der Waals surface area contributed by atoms with Gasteiger partial charge in [-0.25, -0.2) is 0 Å². The van der Waals surface area contributed by atoms with Crippen LogP contribution in [-0.2, 0) is 14.3 Å². The van der Waals surface area contributed by atoms with E-state index in [1.54, 1.807) is 18.1 Å². The molecule has 0 aromatic heterocycles. The third-order valence-corrected chi connectivity index (χ3v) is 6.25. The molecular weight excluding hydrogens is 436 g/mol. The first-order chi connectivity index (χ1) is 13.9. The number of carbonyl (C=O) groups excluding carboxylic acids is 2. The lowest BCUT2D eigenvalue weighted by molar-refractivity contribution is -0.152. The van der Waals surface area contributed by atoms with E-state index in [0.717, 1.165) is 47.9 Å². The maximum Gasteiger partial charge on any atom is 0.289 e. The average molecular weight is 465 g/mol. The Labute approximate surface area is 180 Å². The molecule has 29 heavy (non-hydrogen) atoms. The minimum Gasteiger partial charge on any atom is -0.496 e. The molecule has 0 bridgehead atoms. The van der Waals surface area contributed by atoms with E-state index in [0.29, 0.717) is 5.76 Å². The van der Waals surface area contributed by atoms with Crippen LogP contribution in [0.1, 0.15) is 51.5 Å². The Morgan fingerprint density at radius 2 is 2.17 bits per heavy atom. The van der Waals surface area contributed by atoms with Gasteiger partial charge in [0.15, 0.2) is 5.76 Å². The molecule has 0 radical (unpaired) electrons. The van der Waals surface area contributed by atoms with E-state index in [-0.39, 0.29) is 36.5 Å². The van der Waals surface area contributed by atoms with Gasteiger partial charge in [0.1, 0.15) is 18.4 Å². The Morgan fingerprint density at radius 3 is 2.86 bits per heavy atom. The lowest BCUT2D eigenvalue weighted by atomic mass is 9.89. The number of fused-ring (bicyclic) bond motifs is 1. The van der Waals surface area contributed by atoms with Gasteiger partial charge in [0.05, 0.1) is 17.6 Å². The van der Waals surface area contributed by atoms with Crippen LogP contribution in [0.3, 0.4) is 0 Å². The van der Waals surface area contributed by atoms with Crippen LogP contribution in [0.4, 0.5) is 0 Å². The van der Waals surface area contributed by atoms with Crippen molar-refractivity contribution in [1.82, 2.24) is 10.2 Å². The minimum atomic E-state index is -0.223. The van der Waals surface area contributed by atoms with Crippen molar-refractivity contribution in [3.8, 4) is 5.75 Å². The molecule has 3 rings (SSSR count). The number of benzene rings is 1. The number of nitrogens with one attached hydrogen (secondary N) is 1. The van der Waals surface area contributed by atoms with Crippen molar-refractivity contribution in [3.63, 3.8) is 0 Å². The number of ether oxygens (including phenoxy) is 2. The third kappa shape index (κ3) is 5.13. The summed E-state index contributed by atoms with van der Waals surface area (Å²) in [5, 5.41) is 2.96. The van der Waals surface area contributed by atoms with Crippen molar-refractivity contribution in [1.29, 1.82) is 0 Å². The molecule has 1 saturated carbocycles. The van der Waals surface area contributed by atoms with Crippen LogP contribution in [0.15, 0.2) is 28.4 Å². The number of amides is 2. The van der Waals surface area contributed by atoms with Gasteiger partial charge in [0.25, 0.3) is 5.91 Å². The SMILES string of the molecule is CCC(C)NC(=O)CN1C(=O)/C(=C\c2ccc(OC)c(Br)c2)OC2CCCCC21. The summed E-state index contributed by atoms with van der Waals surface area (Å²) in [7, 11) is 1.61. The summed E-state index contributed by atoms with van der Waals surface area (Å²) in [6.45, 7) is 4.06. The lowest BCUT2D eigenvalue weighted by Gasteiger charge is -2.44. The molecule has 3 unspecified atom stereocenters. The Kier molecular flexibility index (Phi) is 7.22. The number of hydrogen-bond acceptors (Lipinski definition) is 4. The number of methoxy groups -OCH3 is 1. The molecule has 2 aliphatic rings. The van der Waals surface area contributed by atoms with E-state index in [1.807, 2.05) is 32.0 Å². The van der Waals surface area contributed by atoms with Crippen molar-refractivity contribution in [2.75, 3.05) is 13.7 Å². The van der Waals surface area contributed by atoms with Crippen molar-refractivity contribution in [2.45, 2.75) is 64.1 Å². The van der Waals surface area contributed by atoms with Gasteiger partial charge in [0.2, 0.25) is 5.91 Å². The van der Waals surface area contributed by atoms with Gasteiger partial charge >= 0.3 is 0 Å². The van der Waals surface area contributed by atoms with Crippen LogP contribution in [0.2, 0.25) is 0 Å². The number of morpholine rings is 1. The van der Waals surface area contributed by atoms with E-state index in [1.165, 1.54) is 0 Å². The summed E-state index contributed by atoms with van der Waals surface area (Å²) in [5.41, 5.74) is 0.833. The van der Waals surface area contributed by atoms with E-state index in [2.05, 4.69) is 21.2 Å². The van der Waals surface area contributed by atoms with E-state index in [4.69, 9.17) is 9.47 Å². The zero-order valence-corrected chi connectivity index (χ0v) is 18.8. The molecule has 1 aliphatic carbocycles. The normalized spacial score (nSPS) is 23.9. The number of nitrogens with zero attached hydrogens (tertiary/aromatic N) is 1. The van der Waals surface area contributed by atoms with Crippen molar-refractivity contribution >= 4 is 33.8 Å². The topological polar surface area (TPSA) is 67.9 Å². The summed E-state index contributed by atoms with van der Waals surface area (Å²) in [6.07, 6.45) is 6.42. The fourth-order valence-corrected chi connectivity index (χ4v) is 4.42. The number of carbonyl (C=O) groups is 2. The van der Waals surface area contributed by atoms with Crippen LogP contribution < -0.4 is 10.1 Å². The first-order valence-corrected chi connectivity index (χ1v) is 11.0. The Bertz CT molecular complexity index is 795. The molecular formula is C22H29BrN2O4. The first kappa shape index (κ1) is 21.7. The van der Waals surface area contributed by atoms with E-state index in [9.17, 15) is 9.59 Å². The highest BCUT2D eigenvalue weighted by atomic mass is 79.9. The van der Waals surface area contributed by atoms with Crippen LogP contribution in [0.5, 0.6) is 5.75 Å². The van der Waals surface area contributed by atoms with Gasteiger partial charge in [0, 0.05) is 6.04 Å². The van der Waals surface area contributed by atoms with Gasteiger partial charge < -0.3 is 19.7 Å². The van der Waals surface area contributed by atoms with Crippen molar-refractivity contribution in [2.24, 2.45) is 0 Å². The van der Waals surface area contributed by atoms with Gasteiger partial charge in [-0.05, 0) is 72.3 Å². The van der Waals surface area contributed by atoms with Crippen LogP contribution in [0, 0.1) is 0 Å². The number of rotatable bonds is 6. The lowest BCUT2D eigenvalue weighted by Crippen LogP contribution is -2.57. The predicted octanol–water partition coefficient (Wildman–Crippen LogP) is 3.88. The van der Waals surface area contributed by atoms with Crippen molar-refractivity contribution < 1.29 is 19.1 Å². The van der Waals surface area contributed by atoms with E-state index >= 15 is 0 Å². The molecule has 6 nitrogen and oxygen atoms in total. The van der Waals surface area contributed by atoms with Gasteiger partial charge in [-0.1, -0.05) is 19.4 Å². The molecule has 1 saturated heterocycles. The maximum atomic E-state index is 13.2. The first-order valence-electron chi connectivity index (χ1n) is 10.2. The molecule has 2 amide bonds. The summed E-state index contributed by atoms with van der Waals surface area (Å²) >= 11 is 3.47. The monoisotopic (exact) mass is 464 g/mol. The highest BCUT2D eigenvalue weighted by molar-refractivity contribution is 9.10. The van der Waals surface area contributed by atoms with Crippen LogP contribution in [-0.4, -0.2) is 48.6 Å². The smallest absolute Gasteiger partial charge is 0.289 e. The molecule has 2 fully saturated rings. The quantitative estimate of drug-likeness (QED) is 0.648. The fraction of sp³-hybridized carbons (Fsp3) is 0.545. The van der Waals surface area contributed by atoms with Gasteiger partial charge in [-0.3, -0.25) is 9.59 Å². The molecule has 3 atom stereocenters. The molecule has 1 heterocycles. The predicted molar refractivity (Wildman–Crippen MR) is 115 cm³/mol. The van der Waals surface area contributed by atoms with Gasteiger partial charge in [-0.2, -0.15) is 0 Å². The summed E-state index contributed by atoms with van der Waals surface area (Å²) in [6, 6.07) is 5.64. The Morgan fingerprint density at radius 1 is 1.41 bits per heavy atom. The second-order valence-electron chi connectivity index (χ2n) is 7.72. The Balaban J connectivity index is 1.84. The maximum absolute atomic E-state index is 13.2. The fourth-order valence-electron chi connectivity index (χ4n) is 3.86. The summed E-state index contributed by atoms with van der Waals surface area (Å²) in [5.74, 6) is 0.671. The van der Waals surface area contributed by atoms with Crippen LogP contribution in [0.25, 0.3) is 6.08 Å². The van der Waals surface area contributed by atoms with E-state index < -0.39 is 0 Å². The molecule has 1 aliphatic heterocycles.